The van der Waals surface area contributed by atoms with E-state index in [4.69, 9.17) is 4.74 Å². The Bertz CT molecular complexity index is 1360. The summed E-state index contributed by atoms with van der Waals surface area (Å²) in [5.41, 5.74) is 3.16. The highest BCUT2D eigenvalue weighted by Crippen LogP contribution is 2.52. The van der Waals surface area contributed by atoms with E-state index in [1.165, 1.54) is 25.3 Å². The van der Waals surface area contributed by atoms with Crippen LogP contribution in [-0.4, -0.2) is 30.3 Å². The Morgan fingerprint density at radius 1 is 1.00 bits per heavy atom. The van der Waals surface area contributed by atoms with Crippen molar-refractivity contribution in [2.75, 3.05) is 7.11 Å². The first-order valence-electron chi connectivity index (χ1n) is 11.1. The Kier molecular flexibility index (Phi) is 5.27. The number of benzene rings is 3. The summed E-state index contributed by atoms with van der Waals surface area (Å²) in [6.45, 7) is 1.91. The number of hydrogen-bond donors (Lipinski definition) is 1. The molecule has 1 aliphatic carbocycles. The first-order valence-corrected chi connectivity index (χ1v) is 11.1. The number of aromatic carboxylic acids is 1. The molecule has 3 aromatic carbocycles. The van der Waals surface area contributed by atoms with E-state index < -0.39 is 17.7 Å². The van der Waals surface area contributed by atoms with Crippen LogP contribution in [0.15, 0.2) is 54.6 Å². The number of hydrogen-bond acceptors (Lipinski definition) is 5. The quantitative estimate of drug-likeness (QED) is 0.479. The highest BCUT2D eigenvalue weighted by atomic mass is 19.3. The second kappa shape index (κ2) is 8.08. The number of Topliss-reactive ketones (excluding diaryl/α,β-unsaturated/α-hetero) is 1. The molecule has 6 nitrogen and oxygen atoms in total. The van der Waals surface area contributed by atoms with Gasteiger partial charge in [-0.05, 0) is 77.9 Å². The number of halogens is 2. The van der Waals surface area contributed by atoms with Gasteiger partial charge < -0.3 is 19.3 Å². The summed E-state index contributed by atoms with van der Waals surface area (Å²) in [6, 6.07) is 14.9. The first-order chi connectivity index (χ1) is 16.6. The zero-order chi connectivity index (χ0) is 25.0. The molecule has 35 heavy (non-hydrogen) atoms. The van der Waals surface area contributed by atoms with Crippen molar-refractivity contribution in [1.82, 2.24) is 0 Å². The van der Waals surface area contributed by atoms with E-state index in [0.717, 1.165) is 16.7 Å². The third-order valence-electron chi connectivity index (χ3n) is 6.60. The van der Waals surface area contributed by atoms with Crippen molar-refractivity contribution >= 4 is 11.8 Å². The van der Waals surface area contributed by atoms with Crippen molar-refractivity contribution in [2.24, 2.45) is 0 Å². The number of carboxylic acid groups (broad SMARTS) is 1. The van der Waals surface area contributed by atoms with E-state index >= 15 is 0 Å². The topological polar surface area (TPSA) is 82.1 Å². The van der Waals surface area contributed by atoms with Crippen LogP contribution in [-0.2, 0) is 16.6 Å². The van der Waals surface area contributed by atoms with Gasteiger partial charge in [-0.1, -0.05) is 24.3 Å². The van der Waals surface area contributed by atoms with Crippen LogP contribution >= 0.6 is 0 Å². The fourth-order valence-electron chi connectivity index (χ4n) is 4.54. The average molecular weight is 480 g/mol. The van der Waals surface area contributed by atoms with E-state index in [2.05, 4.69) is 9.47 Å². The van der Waals surface area contributed by atoms with E-state index in [1.54, 1.807) is 18.2 Å². The zero-order valence-corrected chi connectivity index (χ0v) is 19.1. The summed E-state index contributed by atoms with van der Waals surface area (Å²) in [6.07, 6.45) is -2.31. The van der Waals surface area contributed by atoms with Gasteiger partial charge in [0.1, 0.15) is 11.5 Å². The Morgan fingerprint density at radius 2 is 1.74 bits per heavy atom. The van der Waals surface area contributed by atoms with Crippen LogP contribution in [0.1, 0.15) is 39.9 Å². The molecule has 0 aromatic heterocycles. The third-order valence-corrected chi connectivity index (χ3v) is 6.60. The maximum Gasteiger partial charge on any atom is 0.586 e. The van der Waals surface area contributed by atoms with Crippen LogP contribution in [0.25, 0.3) is 11.1 Å². The number of methoxy groups -OCH3 is 1. The van der Waals surface area contributed by atoms with E-state index in [1.807, 2.05) is 25.1 Å². The molecule has 1 fully saturated rings. The Morgan fingerprint density at radius 3 is 2.43 bits per heavy atom. The van der Waals surface area contributed by atoms with Crippen molar-refractivity contribution in [3.8, 4) is 28.4 Å². The Balaban J connectivity index is 1.42. The first kappa shape index (κ1) is 22.8. The third kappa shape index (κ3) is 4.20. The number of carboxylic acids is 1. The molecule has 0 spiro atoms. The van der Waals surface area contributed by atoms with Crippen LogP contribution in [0, 0.1) is 6.92 Å². The molecule has 2 aliphatic rings. The summed E-state index contributed by atoms with van der Waals surface area (Å²) in [5, 5.41) is 9.45. The molecule has 0 atom stereocenters. The van der Waals surface area contributed by atoms with Crippen LogP contribution in [0.5, 0.6) is 17.2 Å². The fourth-order valence-corrected chi connectivity index (χ4v) is 4.54. The molecule has 1 saturated carbocycles. The van der Waals surface area contributed by atoms with Crippen molar-refractivity contribution in [3.05, 3.63) is 76.9 Å². The van der Waals surface area contributed by atoms with E-state index in [0.29, 0.717) is 29.7 Å². The van der Waals surface area contributed by atoms with Crippen LogP contribution in [0.3, 0.4) is 0 Å². The van der Waals surface area contributed by atoms with Crippen molar-refractivity contribution in [3.63, 3.8) is 0 Å². The molecule has 3 aromatic rings. The highest BCUT2D eigenvalue weighted by molar-refractivity contribution is 5.95. The lowest BCUT2D eigenvalue weighted by atomic mass is 9.86. The molecular weight excluding hydrogens is 458 g/mol. The minimum Gasteiger partial charge on any atom is -0.497 e. The van der Waals surface area contributed by atoms with Gasteiger partial charge in [0, 0.05) is 6.42 Å². The van der Waals surface area contributed by atoms with Gasteiger partial charge in [-0.25, -0.2) is 4.79 Å². The number of rotatable bonds is 7. The number of aryl methyl sites for hydroxylation is 1. The number of alkyl halides is 2. The molecule has 0 amide bonds. The smallest absolute Gasteiger partial charge is 0.497 e. The average Bonchev–Trinajstić information content (AvgIpc) is 3.57. The predicted octanol–water partition coefficient (Wildman–Crippen LogP) is 5.53. The summed E-state index contributed by atoms with van der Waals surface area (Å²) >= 11 is 0. The van der Waals surface area contributed by atoms with E-state index in [9.17, 15) is 23.5 Å². The van der Waals surface area contributed by atoms with Gasteiger partial charge in [0.05, 0.1) is 18.1 Å². The molecule has 8 heteroatoms. The summed E-state index contributed by atoms with van der Waals surface area (Å²) in [4.78, 5) is 24.9. The molecule has 180 valence electrons. The maximum absolute atomic E-state index is 13.4. The molecule has 5 rings (SSSR count). The van der Waals surface area contributed by atoms with Crippen molar-refractivity contribution in [1.29, 1.82) is 0 Å². The summed E-state index contributed by atoms with van der Waals surface area (Å²) in [7, 11) is 1.47. The van der Waals surface area contributed by atoms with Gasteiger partial charge in [0.25, 0.3) is 0 Å². The van der Waals surface area contributed by atoms with Crippen LogP contribution < -0.4 is 14.2 Å². The molecule has 1 N–H and O–H groups in total. The largest absolute Gasteiger partial charge is 0.586 e. The highest BCUT2D eigenvalue weighted by Gasteiger charge is 2.52. The lowest BCUT2D eigenvalue weighted by Crippen LogP contribution is -2.26. The van der Waals surface area contributed by atoms with Crippen LogP contribution in [0.4, 0.5) is 8.78 Å². The molecule has 0 bridgehead atoms. The molecular formula is C27H22F2O6. The Labute approximate surface area is 200 Å². The molecule has 1 aliphatic heterocycles. The normalized spacial score (nSPS) is 16.6. The lowest BCUT2D eigenvalue weighted by molar-refractivity contribution is -0.286. The monoisotopic (exact) mass is 480 g/mol. The molecule has 0 unspecified atom stereocenters. The molecule has 0 saturated heterocycles. The van der Waals surface area contributed by atoms with Gasteiger partial charge in [-0.15, -0.1) is 8.78 Å². The van der Waals surface area contributed by atoms with Crippen molar-refractivity contribution in [2.45, 2.75) is 37.9 Å². The standard InChI is InChI=1S/C27H22F2O6/c1-15-3-4-16(9-21(15)17-11-18(25(31)32)13-20(12-17)33-2)10-24(30)26(7-8-26)19-5-6-22-23(14-19)35-27(28,29)34-22/h3-6,9,11-14H,7-8,10H2,1-2H3,(H,31,32). The van der Waals surface area contributed by atoms with Gasteiger partial charge >= 0.3 is 12.3 Å². The lowest BCUT2D eigenvalue weighted by Gasteiger charge is -2.16. The predicted molar refractivity (Wildman–Crippen MR) is 122 cm³/mol. The number of ketones is 1. The maximum atomic E-state index is 13.4. The van der Waals surface area contributed by atoms with Crippen LogP contribution in [0.2, 0.25) is 0 Å². The molecule has 0 radical (unpaired) electrons. The zero-order valence-electron chi connectivity index (χ0n) is 19.1. The number of fused-ring (bicyclic) bond motifs is 1. The van der Waals surface area contributed by atoms with Gasteiger partial charge in [-0.2, -0.15) is 0 Å². The Hall–Kier alpha value is -3.94. The number of carbonyl (C=O) groups excluding carboxylic acids is 1. The minimum absolute atomic E-state index is 0.0187. The number of ether oxygens (including phenoxy) is 3. The molecule has 1 heterocycles. The SMILES string of the molecule is COc1cc(C(=O)O)cc(-c2cc(CC(=O)C3(c4ccc5c(c4)OC(F)(F)O5)CC3)ccc2C)c1. The van der Waals surface area contributed by atoms with Crippen molar-refractivity contribution < 1.29 is 37.7 Å². The second-order valence-electron chi connectivity index (χ2n) is 8.92. The second-order valence-corrected chi connectivity index (χ2v) is 8.92. The van der Waals surface area contributed by atoms with E-state index in [-0.39, 0.29) is 29.3 Å². The fraction of sp³-hybridized carbons (Fsp3) is 0.259. The summed E-state index contributed by atoms with van der Waals surface area (Å²) in [5.74, 6) is -0.784. The minimum atomic E-state index is -3.71. The summed E-state index contributed by atoms with van der Waals surface area (Å²) < 4.78 is 41.1. The van der Waals surface area contributed by atoms with Gasteiger partial charge in [-0.3, -0.25) is 4.79 Å². The number of carbonyl (C=O) groups is 2. The van der Waals surface area contributed by atoms with Gasteiger partial charge in [0.15, 0.2) is 11.5 Å². The van der Waals surface area contributed by atoms with Gasteiger partial charge in [0.2, 0.25) is 0 Å².